The zero-order valence-corrected chi connectivity index (χ0v) is 30.4. The molecule has 3 aliphatic carbocycles. The second-order valence-corrected chi connectivity index (χ2v) is 17.5. The number of nitrogens with one attached hydrogen (secondary N) is 2. The molecular weight excluding hydrogens is 660 g/mol. The number of fused-ring (bicyclic) bond motifs is 4. The highest BCUT2D eigenvalue weighted by Gasteiger charge is 2.44. The van der Waals surface area contributed by atoms with Crippen molar-refractivity contribution >= 4 is 39.1 Å². The number of rotatable bonds is 4. The number of amides is 3. The molecule has 8 atom stereocenters. The first-order valence-electron chi connectivity index (χ1n) is 18.0. The van der Waals surface area contributed by atoms with E-state index in [9.17, 15) is 13.8 Å². The molecule has 2 saturated carbocycles. The van der Waals surface area contributed by atoms with Gasteiger partial charge in [0.25, 0.3) is 5.91 Å². The van der Waals surface area contributed by atoms with Gasteiger partial charge in [0.1, 0.15) is 15.7 Å². The molecule has 2 N–H and O–H groups in total. The van der Waals surface area contributed by atoms with Crippen LogP contribution in [-0.4, -0.2) is 60.9 Å². The largest absolute Gasteiger partial charge is 0.490 e. The lowest BCUT2D eigenvalue weighted by Gasteiger charge is -2.46. The Kier molecular flexibility index (Phi) is 9.76. The number of urea groups is 1. The van der Waals surface area contributed by atoms with E-state index in [1.165, 1.54) is 11.1 Å². The third-order valence-electron chi connectivity index (χ3n) is 11.5. The van der Waals surface area contributed by atoms with Gasteiger partial charge in [-0.25, -0.2) is 9.00 Å². The molecule has 3 amide bonds. The molecular formula is C38H49ClN4O5S. The van der Waals surface area contributed by atoms with E-state index in [-0.39, 0.29) is 29.2 Å². The molecule has 7 rings (SSSR count). The number of halogens is 1. The Morgan fingerprint density at radius 2 is 2.08 bits per heavy atom. The van der Waals surface area contributed by atoms with Gasteiger partial charge in [0.05, 0.1) is 24.2 Å². The zero-order chi connectivity index (χ0) is 34.3. The van der Waals surface area contributed by atoms with Crippen LogP contribution >= 0.6 is 11.6 Å². The highest BCUT2D eigenvalue weighted by molar-refractivity contribution is 7.92. The lowest BCUT2D eigenvalue weighted by Crippen LogP contribution is -2.49. The molecule has 9 nitrogen and oxygen atoms in total. The highest BCUT2D eigenvalue weighted by Crippen LogP contribution is 2.47. The van der Waals surface area contributed by atoms with Crippen molar-refractivity contribution in [2.45, 2.75) is 82.8 Å². The van der Waals surface area contributed by atoms with E-state index in [4.69, 9.17) is 21.1 Å². The topological polar surface area (TPSA) is 109 Å². The molecule has 5 aliphatic rings. The maximum absolute atomic E-state index is 14.4. The van der Waals surface area contributed by atoms with Crippen LogP contribution in [0.15, 0.2) is 52.9 Å². The van der Waals surface area contributed by atoms with E-state index in [1.807, 2.05) is 25.1 Å². The van der Waals surface area contributed by atoms with E-state index in [2.05, 4.69) is 50.5 Å². The second kappa shape index (κ2) is 13.9. The summed E-state index contributed by atoms with van der Waals surface area (Å²) >= 11 is 6.45. The molecule has 0 aromatic heterocycles. The van der Waals surface area contributed by atoms with Crippen molar-refractivity contribution in [1.82, 2.24) is 10.0 Å². The van der Waals surface area contributed by atoms with Crippen LogP contribution < -0.4 is 19.7 Å². The van der Waals surface area contributed by atoms with Gasteiger partial charge in [-0.15, -0.1) is 4.36 Å². The molecule has 2 bridgehead atoms. The number of ether oxygens (including phenoxy) is 2. The number of carbonyl (C=O) groups is 2. The van der Waals surface area contributed by atoms with Gasteiger partial charge in [-0.3, -0.25) is 9.52 Å². The summed E-state index contributed by atoms with van der Waals surface area (Å²) in [6.45, 7) is 6.11. The Morgan fingerprint density at radius 1 is 1.22 bits per heavy atom. The lowest BCUT2D eigenvalue weighted by molar-refractivity contribution is 0.0131. The molecule has 0 radical (unpaired) electrons. The van der Waals surface area contributed by atoms with Gasteiger partial charge in [-0.1, -0.05) is 50.1 Å². The third-order valence-corrected chi connectivity index (χ3v) is 13.8. The van der Waals surface area contributed by atoms with E-state index in [0.717, 1.165) is 74.5 Å². The maximum Gasteiger partial charge on any atom is 0.327 e. The Bertz CT molecular complexity index is 1760. The van der Waals surface area contributed by atoms with Crippen molar-refractivity contribution in [3.8, 4) is 5.75 Å². The van der Waals surface area contributed by atoms with Crippen molar-refractivity contribution in [3.05, 3.63) is 70.3 Å². The van der Waals surface area contributed by atoms with E-state index in [1.54, 1.807) is 13.2 Å². The summed E-state index contributed by atoms with van der Waals surface area (Å²) in [5, 5.41) is 3.67. The molecule has 2 heterocycles. The number of anilines is 1. The average molecular weight is 709 g/mol. The fourth-order valence-corrected chi connectivity index (χ4v) is 10.6. The molecule has 2 aromatic carbocycles. The quantitative estimate of drug-likeness (QED) is 0.329. The summed E-state index contributed by atoms with van der Waals surface area (Å²) in [6, 6.07) is 11.2. The number of allylic oxidation sites excluding steroid dienone is 1. The van der Waals surface area contributed by atoms with Crippen LogP contribution in [0, 0.1) is 23.7 Å². The van der Waals surface area contributed by atoms with E-state index >= 15 is 0 Å². The van der Waals surface area contributed by atoms with Gasteiger partial charge in [-0.2, -0.15) is 0 Å². The number of benzene rings is 2. The smallest absolute Gasteiger partial charge is 0.327 e. The van der Waals surface area contributed by atoms with Gasteiger partial charge >= 0.3 is 6.03 Å². The SMILES string of the molecule is CC[C@@H]1C[C@H]1NC(=O)NS1(=O)=NC(=O)c2ccc3c(c2)N(C[C@@H]2CC[C@H]2[C@@H](OC)/C=C/C[C@H](C)C1)C[C@@]1(CCCc2cc(Cl)ccc21)CO3. The number of hydrogen-bond acceptors (Lipinski definition) is 6. The first-order valence-corrected chi connectivity index (χ1v) is 20.0. The molecule has 49 heavy (non-hydrogen) atoms. The Hall–Kier alpha value is -3.08. The Labute approximate surface area is 295 Å². The van der Waals surface area contributed by atoms with Crippen LogP contribution in [-0.2, 0) is 26.5 Å². The van der Waals surface area contributed by atoms with Crippen molar-refractivity contribution in [3.63, 3.8) is 0 Å². The van der Waals surface area contributed by atoms with Crippen LogP contribution in [0.5, 0.6) is 5.75 Å². The predicted octanol–water partition coefficient (Wildman–Crippen LogP) is 7.07. The van der Waals surface area contributed by atoms with Crippen LogP contribution in [0.4, 0.5) is 10.5 Å². The molecule has 2 aliphatic heterocycles. The van der Waals surface area contributed by atoms with Gasteiger partial charge in [-0.05, 0) is 110 Å². The highest BCUT2D eigenvalue weighted by atomic mass is 35.5. The third kappa shape index (κ3) is 7.24. The lowest BCUT2D eigenvalue weighted by atomic mass is 9.68. The summed E-state index contributed by atoms with van der Waals surface area (Å²) in [6.07, 6.45) is 11.9. The Morgan fingerprint density at radius 3 is 2.84 bits per heavy atom. The summed E-state index contributed by atoms with van der Waals surface area (Å²) in [7, 11) is -1.67. The minimum atomic E-state index is -3.44. The van der Waals surface area contributed by atoms with Crippen LogP contribution in [0.1, 0.15) is 80.3 Å². The molecule has 1 spiro atoms. The first kappa shape index (κ1) is 34.4. The fraction of sp³-hybridized carbons (Fsp3) is 0.579. The number of aryl methyl sites for hydroxylation is 1. The molecule has 2 aromatic rings. The van der Waals surface area contributed by atoms with Gasteiger partial charge in [0.2, 0.25) is 0 Å². The van der Waals surface area contributed by atoms with Crippen molar-refractivity contribution in [2.75, 3.05) is 37.5 Å². The van der Waals surface area contributed by atoms with Gasteiger partial charge < -0.3 is 19.7 Å². The average Bonchev–Trinajstić information content (AvgIpc) is 3.83. The molecule has 2 fully saturated rings. The predicted molar refractivity (Wildman–Crippen MR) is 194 cm³/mol. The standard InChI is InChI=1S/C38H49ClN4O5S/c1-4-25-18-32(25)40-37(45)42-49(46)21-24(2)7-5-9-34(47-3)30-13-10-28(30)20-43-22-38(16-6-8-26-17-29(39)12-14-31(26)38)23-48-35-15-11-27(19-33(35)43)36(44)41-49/h5,9,11-12,14-15,17,19,24-25,28,30,32,34H,4,6-8,10,13,16,18,20-23H2,1-3H3,(H2,40,41,42,44,45,46)/b9-5+/t24-,25+,28-,30+,32+,34-,38-,49?/m0/s1. The van der Waals surface area contributed by atoms with Gasteiger partial charge in [0.15, 0.2) is 0 Å². The maximum atomic E-state index is 14.4. The van der Waals surface area contributed by atoms with Crippen molar-refractivity contribution in [2.24, 2.45) is 28.0 Å². The summed E-state index contributed by atoms with van der Waals surface area (Å²) in [5.74, 6) is 1.24. The molecule has 264 valence electrons. The van der Waals surface area contributed by atoms with E-state index in [0.29, 0.717) is 36.3 Å². The number of nitrogens with zero attached hydrogens (tertiary/aromatic N) is 2. The summed E-state index contributed by atoms with van der Waals surface area (Å²) in [5.41, 5.74) is 3.47. The van der Waals surface area contributed by atoms with Crippen molar-refractivity contribution < 1.29 is 23.3 Å². The number of carbonyl (C=O) groups excluding carboxylic acids is 2. The summed E-state index contributed by atoms with van der Waals surface area (Å²) in [4.78, 5) is 29.3. The minimum absolute atomic E-state index is 0.0380. The normalized spacial score (nSPS) is 34.6. The van der Waals surface area contributed by atoms with Crippen LogP contribution in [0.2, 0.25) is 5.02 Å². The van der Waals surface area contributed by atoms with Crippen LogP contribution in [0.3, 0.4) is 0 Å². The van der Waals surface area contributed by atoms with Crippen LogP contribution in [0.25, 0.3) is 0 Å². The second-order valence-electron chi connectivity index (χ2n) is 15.0. The van der Waals surface area contributed by atoms with E-state index < -0.39 is 21.9 Å². The van der Waals surface area contributed by atoms with Gasteiger partial charge in [0, 0.05) is 42.2 Å². The fourth-order valence-electron chi connectivity index (χ4n) is 8.59. The number of methoxy groups -OCH3 is 1. The molecule has 1 unspecified atom stereocenters. The molecule has 11 heteroatoms. The number of hydrogen-bond donors (Lipinski definition) is 2. The minimum Gasteiger partial charge on any atom is -0.490 e. The molecule has 0 saturated heterocycles. The van der Waals surface area contributed by atoms with Crippen molar-refractivity contribution in [1.29, 1.82) is 0 Å². The monoisotopic (exact) mass is 708 g/mol. The zero-order valence-electron chi connectivity index (χ0n) is 28.8. The Balaban J connectivity index is 1.27. The summed E-state index contributed by atoms with van der Waals surface area (Å²) < 4.78 is 34.0. The first-order chi connectivity index (χ1) is 23.6.